The number of hydrogen-bond acceptors (Lipinski definition) is 4. The topological polar surface area (TPSA) is 90.5 Å². The maximum Gasteiger partial charge on any atom is 0.416 e. The average molecular weight is 412 g/mol. The van der Waals surface area contributed by atoms with Crippen LogP contribution in [0.15, 0.2) is 24.3 Å². The SMILES string of the molecule is CCC1CCC2(CC1)NC(=O)N(CC(=O)NNc1cccc(C(F)(F)F)c1)C2=O. The highest BCUT2D eigenvalue weighted by molar-refractivity contribution is 6.09. The fourth-order valence-electron chi connectivity index (χ4n) is 3.84. The van der Waals surface area contributed by atoms with Crippen molar-refractivity contribution in [3.8, 4) is 0 Å². The van der Waals surface area contributed by atoms with Gasteiger partial charge in [0.05, 0.1) is 11.3 Å². The highest BCUT2D eigenvalue weighted by Crippen LogP contribution is 2.37. The van der Waals surface area contributed by atoms with E-state index in [1.807, 2.05) is 0 Å². The Kier molecular flexibility index (Phi) is 5.72. The van der Waals surface area contributed by atoms with Gasteiger partial charge in [-0.3, -0.25) is 25.3 Å². The summed E-state index contributed by atoms with van der Waals surface area (Å²) < 4.78 is 38.2. The van der Waals surface area contributed by atoms with E-state index in [-0.39, 0.29) is 5.69 Å². The van der Waals surface area contributed by atoms with E-state index in [1.54, 1.807) is 0 Å². The molecule has 1 aromatic rings. The molecule has 158 valence electrons. The summed E-state index contributed by atoms with van der Waals surface area (Å²) in [6.45, 7) is 1.57. The van der Waals surface area contributed by atoms with Crippen LogP contribution in [0.2, 0.25) is 0 Å². The number of alkyl halides is 3. The smallest absolute Gasteiger partial charge is 0.323 e. The highest BCUT2D eigenvalue weighted by Gasteiger charge is 2.52. The number of imide groups is 1. The normalized spacial score (nSPS) is 24.6. The maximum atomic E-state index is 12.8. The van der Waals surface area contributed by atoms with Crippen molar-refractivity contribution in [3.05, 3.63) is 29.8 Å². The fourth-order valence-corrected chi connectivity index (χ4v) is 3.84. The Balaban J connectivity index is 1.57. The second kappa shape index (κ2) is 7.92. The quantitative estimate of drug-likeness (QED) is 0.512. The number of rotatable bonds is 5. The highest BCUT2D eigenvalue weighted by atomic mass is 19.4. The molecule has 7 nitrogen and oxygen atoms in total. The first kappa shape index (κ1) is 20.9. The standard InChI is InChI=1S/C19H23F3N4O3/c1-2-12-6-8-18(9-7-12)16(28)26(17(29)23-18)11-15(27)25-24-14-5-3-4-13(10-14)19(20,21)22/h3-5,10,12,24H,2,6-9,11H2,1H3,(H,23,29)(H,25,27). The molecule has 1 heterocycles. The minimum Gasteiger partial charge on any atom is -0.323 e. The first-order valence-electron chi connectivity index (χ1n) is 9.51. The van der Waals surface area contributed by atoms with Gasteiger partial charge in [0, 0.05) is 0 Å². The van der Waals surface area contributed by atoms with Gasteiger partial charge in [0.2, 0.25) is 0 Å². The molecule has 1 saturated heterocycles. The summed E-state index contributed by atoms with van der Waals surface area (Å²) in [5, 5.41) is 2.73. The van der Waals surface area contributed by atoms with Crippen molar-refractivity contribution in [2.24, 2.45) is 5.92 Å². The van der Waals surface area contributed by atoms with Crippen LogP contribution in [0.1, 0.15) is 44.6 Å². The summed E-state index contributed by atoms with van der Waals surface area (Å²) in [5.74, 6) is -0.615. The molecule has 4 amide bonds. The Bertz CT molecular complexity index is 804. The number of anilines is 1. The first-order chi connectivity index (χ1) is 13.6. The predicted octanol–water partition coefficient (Wildman–Crippen LogP) is 3.04. The summed E-state index contributed by atoms with van der Waals surface area (Å²) >= 11 is 0. The third-order valence-corrected chi connectivity index (χ3v) is 5.62. The molecule has 1 aromatic carbocycles. The van der Waals surface area contributed by atoms with E-state index in [4.69, 9.17) is 0 Å². The number of hydrogen-bond donors (Lipinski definition) is 3. The zero-order valence-electron chi connectivity index (χ0n) is 15.9. The third-order valence-electron chi connectivity index (χ3n) is 5.62. The van der Waals surface area contributed by atoms with E-state index in [0.717, 1.165) is 36.3 Å². The van der Waals surface area contributed by atoms with E-state index >= 15 is 0 Å². The molecule has 0 unspecified atom stereocenters. The van der Waals surface area contributed by atoms with Gasteiger partial charge in [-0.2, -0.15) is 13.2 Å². The summed E-state index contributed by atoms with van der Waals surface area (Å²) in [6.07, 6.45) is -0.745. The molecular weight excluding hydrogens is 389 g/mol. The zero-order chi connectivity index (χ0) is 21.2. The molecule has 0 atom stereocenters. The van der Waals surface area contributed by atoms with Crippen LogP contribution in [0.25, 0.3) is 0 Å². The van der Waals surface area contributed by atoms with Gasteiger partial charge in [0.25, 0.3) is 11.8 Å². The molecule has 2 aliphatic rings. The lowest BCUT2D eigenvalue weighted by atomic mass is 9.75. The molecule has 0 bridgehead atoms. The van der Waals surface area contributed by atoms with E-state index in [2.05, 4.69) is 23.1 Å². The van der Waals surface area contributed by atoms with Crippen LogP contribution in [0.3, 0.4) is 0 Å². The molecule has 1 aliphatic heterocycles. The van der Waals surface area contributed by atoms with Crippen LogP contribution < -0.4 is 16.2 Å². The molecule has 2 fully saturated rings. The van der Waals surface area contributed by atoms with Gasteiger partial charge >= 0.3 is 12.2 Å². The molecule has 3 rings (SSSR count). The zero-order valence-corrected chi connectivity index (χ0v) is 15.9. The Hall–Kier alpha value is -2.78. The number of carbonyl (C=O) groups is 3. The number of carbonyl (C=O) groups excluding carboxylic acids is 3. The van der Waals surface area contributed by atoms with Crippen molar-refractivity contribution >= 4 is 23.5 Å². The number of benzene rings is 1. The fraction of sp³-hybridized carbons (Fsp3) is 0.526. The molecule has 29 heavy (non-hydrogen) atoms. The maximum absolute atomic E-state index is 12.8. The minimum absolute atomic E-state index is 0.0275. The van der Waals surface area contributed by atoms with Crippen LogP contribution in [0.4, 0.5) is 23.7 Å². The Morgan fingerprint density at radius 3 is 2.59 bits per heavy atom. The molecule has 1 aliphatic carbocycles. The molecular formula is C19H23F3N4O3. The van der Waals surface area contributed by atoms with Crippen molar-refractivity contribution in [3.63, 3.8) is 0 Å². The van der Waals surface area contributed by atoms with Gasteiger partial charge in [-0.05, 0) is 49.8 Å². The van der Waals surface area contributed by atoms with Gasteiger partial charge in [-0.25, -0.2) is 4.79 Å². The third kappa shape index (κ3) is 4.46. The number of amides is 4. The second-order valence-corrected chi connectivity index (χ2v) is 7.51. The minimum atomic E-state index is -4.51. The molecule has 3 N–H and O–H groups in total. The number of nitrogens with zero attached hydrogens (tertiary/aromatic N) is 1. The van der Waals surface area contributed by atoms with Gasteiger partial charge in [0.15, 0.2) is 0 Å². The molecule has 0 aromatic heterocycles. The Morgan fingerprint density at radius 2 is 1.97 bits per heavy atom. The average Bonchev–Trinajstić information content (AvgIpc) is 2.91. The van der Waals surface area contributed by atoms with Crippen LogP contribution in [0.5, 0.6) is 0 Å². The molecule has 1 saturated carbocycles. The van der Waals surface area contributed by atoms with E-state index in [0.29, 0.717) is 18.8 Å². The lowest BCUT2D eigenvalue weighted by Crippen LogP contribution is -2.50. The van der Waals surface area contributed by atoms with Gasteiger partial charge < -0.3 is 5.32 Å². The van der Waals surface area contributed by atoms with E-state index < -0.39 is 41.7 Å². The Labute approximate surface area is 166 Å². The van der Waals surface area contributed by atoms with Crippen LogP contribution in [-0.2, 0) is 15.8 Å². The van der Waals surface area contributed by atoms with Crippen LogP contribution in [-0.4, -0.2) is 34.8 Å². The van der Waals surface area contributed by atoms with Crippen LogP contribution >= 0.6 is 0 Å². The number of hydrazine groups is 1. The predicted molar refractivity (Wildman–Crippen MR) is 98.4 cm³/mol. The monoisotopic (exact) mass is 412 g/mol. The van der Waals surface area contributed by atoms with Crippen molar-refractivity contribution in [1.29, 1.82) is 0 Å². The second-order valence-electron chi connectivity index (χ2n) is 7.51. The molecule has 10 heteroatoms. The molecule has 1 spiro atoms. The van der Waals surface area contributed by atoms with Gasteiger partial charge in [-0.15, -0.1) is 0 Å². The van der Waals surface area contributed by atoms with Crippen molar-refractivity contribution in [1.82, 2.24) is 15.6 Å². The van der Waals surface area contributed by atoms with Crippen molar-refractivity contribution < 1.29 is 27.6 Å². The lowest BCUT2D eigenvalue weighted by molar-refractivity contribution is -0.137. The summed E-state index contributed by atoms with van der Waals surface area (Å²) in [7, 11) is 0. The van der Waals surface area contributed by atoms with Crippen molar-refractivity contribution in [2.75, 3.05) is 12.0 Å². The largest absolute Gasteiger partial charge is 0.416 e. The van der Waals surface area contributed by atoms with Gasteiger partial charge in [-0.1, -0.05) is 19.4 Å². The lowest BCUT2D eigenvalue weighted by Gasteiger charge is -2.34. The van der Waals surface area contributed by atoms with E-state index in [1.165, 1.54) is 12.1 Å². The number of nitrogens with one attached hydrogen (secondary N) is 3. The summed E-state index contributed by atoms with van der Waals surface area (Å²) in [5.41, 5.74) is 2.81. The van der Waals surface area contributed by atoms with Crippen molar-refractivity contribution in [2.45, 2.75) is 50.7 Å². The summed E-state index contributed by atoms with van der Waals surface area (Å²) in [6, 6.07) is 3.68. The van der Waals surface area contributed by atoms with Gasteiger partial charge in [0.1, 0.15) is 12.1 Å². The number of urea groups is 1. The Morgan fingerprint density at radius 1 is 1.28 bits per heavy atom. The first-order valence-corrected chi connectivity index (χ1v) is 9.51. The molecule has 0 radical (unpaired) electrons. The van der Waals surface area contributed by atoms with Crippen LogP contribution in [0, 0.1) is 5.92 Å². The number of halogens is 3. The summed E-state index contributed by atoms with van der Waals surface area (Å²) in [4.78, 5) is 38.0. The van der Waals surface area contributed by atoms with E-state index in [9.17, 15) is 27.6 Å².